The molecule has 3 N–H and O–H groups in total. The van der Waals surface area contributed by atoms with Crippen LogP contribution in [0.4, 0.5) is 0 Å². The fraction of sp³-hybridized carbons (Fsp3) is 0.636. The summed E-state index contributed by atoms with van der Waals surface area (Å²) in [6.45, 7) is 4.69. The van der Waals surface area contributed by atoms with Crippen molar-refractivity contribution in [3.63, 3.8) is 0 Å². The Morgan fingerprint density at radius 3 is 2.75 bits per heavy atom. The lowest BCUT2D eigenvalue weighted by Crippen LogP contribution is -2.45. The van der Waals surface area contributed by atoms with Gasteiger partial charge in [0.25, 0.3) is 0 Å². The first-order valence-electron chi connectivity index (χ1n) is 5.51. The summed E-state index contributed by atoms with van der Waals surface area (Å²) in [6, 6.07) is -0.253. The lowest BCUT2D eigenvalue weighted by molar-refractivity contribution is -0.120. The van der Waals surface area contributed by atoms with E-state index in [9.17, 15) is 4.79 Å². The molecule has 0 aliphatic rings. The minimum Gasteiger partial charge on any atom is -0.368 e. The van der Waals surface area contributed by atoms with Gasteiger partial charge in [0.05, 0.1) is 12.2 Å². The zero-order chi connectivity index (χ0) is 12.1. The maximum atomic E-state index is 11.1. The minimum atomic E-state index is -0.291. The van der Waals surface area contributed by atoms with E-state index in [0.29, 0.717) is 0 Å². The predicted molar refractivity (Wildman–Crippen MR) is 62.7 cm³/mol. The van der Waals surface area contributed by atoms with E-state index in [4.69, 9.17) is 5.73 Å². The molecule has 1 heterocycles. The molecule has 0 saturated heterocycles. The first kappa shape index (κ1) is 12.7. The van der Waals surface area contributed by atoms with E-state index in [1.165, 1.54) is 0 Å². The zero-order valence-electron chi connectivity index (χ0n) is 10.1. The number of nitrogens with two attached hydrogens (primary N) is 1. The lowest BCUT2D eigenvalue weighted by Gasteiger charge is -2.18. The third-order valence-corrected chi connectivity index (χ3v) is 2.51. The molecule has 90 valence electrons. The second kappa shape index (κ2) is 5.65. The molecule has 0 radical (unpaired) electrons. The number of nitrogens with one attached hydrogen (secondary N) is 1. The largest absolute Gasteiger partial charge is 0.368 e. The van der Waals surface area contributed by atoms with E-state index in [1.807, 2.05) is 33.3 Å². The van der Waals surface area contributed by atoms with Crippen molar-refractivity contribution in [1.82, 2.24) is 15.1 Å². The number of primary amides is 1. The second-order valence-corrected chi connectivity index (χ2v) is 4.35. The van der Waals surface area contributed by atoms with E-state index in [0.717, 1.165) is 18.5 Å². The summed E-state index contributed by atoms with van der Waals surface area (Å²) in [5.41, 5.74) is 6.46. The Balaban J connectivity index is 2.36. The topological polar surface area (TPSA) is 72.9 Å². The molecule has 0 fully saturated rings. The number of carbonyl (C=O) groups is 1. The molecule has 0 aliphatic carbocycles. The van der Waals surface area contributed by atoms with Gasteiger partial charge in [0.1, 0.15) is 0 Å². The van der Waals surface area contributed by atoms with Crippen LogP contribution < -0.4 is 11.1 Å². The maximum Gasteiger partial charge on any atom is 0.234 e. The molecule has 1 atom stereocenters. The number of hydrogen-bond acceptors (Lipinski definition) is 3. The Morgan fingerprint density at radius 2 is 2.31 bits per heavy atom. The normalized spacial score (nSPS) is 13.0. The molecule has 1 amide bonds. The number of hydrogen-bond donors (Lipinski definition) is 2. The highest BCUT2D eigenvalue weighted by Crippen LogP contribution is 2.02. The highest BCUT2D eigenvalue weighted by atomic mass is 16.1. The quantitative estimate of drug-likeness (QED) is 0.717. The number of aryl methyl sites for hydroxylation is 1. The molecule has 1 rings (SSSR count). The van der Waals surface area contributed by atoms with Crippen LogP contribution in [0.15, 0.2) is 12.4 Å². The lowest BCUT2D eigenvalue weighted by atomic mass is 10.0. The first-order chi connectivity index (χ1) is 7.50. The third kappa shape index (κ3) is 3.66. The Labute approximate surface area is 96.0 Å². The number of rotatable bonds is 6. The fourth-order valence-corrected chi connectivity index (χ4v) is 1.64. The highest BCUT2D eigenvalue weighted by molar-refractivity contribution is 5.80. The van der Waals surface area contributed by atoms with Crippen molar-refractivity contribution in [1.29, 1.82) is 0 Å². The van der Waals surface area contributed by atoms with Crippen LogP contribution in [-0.4, -0.2) is 28.3 Å². The van der Waals surface area contributed by atoms with E-state index >= 15 is 0 Å². The number of amides is 1. The molecule has 16 heavy (non-hydrogen) atoms. The van der Waals surface area contributed by atoms with Crippen molar-refractivity contribution >= 4 is 5.91 Å². The summed E-state index contributed by atoms with van der Waals surface area (Å²) in [6.07, 6.45) is 4.65. The molecular weight excluding hydrogens is 204 g/mol. The van der Waals surface area contributed by atoms with Gasteiger partial charge in [-0.25, -0.2) is 0 Å². The number of aromatic nitrogens is 2. The molecule has 5 heteroatoms. The second-order valence-electron chi connectivity index (χ2n) is 4.35. The van der Waals surface area contributed by atoms with Gasteiger partial charge in [-0.2, -0.15) is 5.10 Å². The van der Waals surface area contributed by atoms with Gasteiger partial charge in [0.2, 0.25) is 5.91 Å². The average molecular weight is 224 g/mol. The summed E-state index contributed by atoms with van der Waals surface area (Å²) < 4.78 is 1.77. The van der Waals surface area contributed by atoms with Crippen molar-refractivity contribution in [3.8, 4) is 0 Å². The first-order valence-corrected chi connectivity index (χ1v) is 5.51. The Morgan fingerprint density at radius 1 is 1.62 bits per heavy atom. The summed E-state index contributed by atoms with van der Waals surface area (Å²) in [4.78, 5) is 11.1. The number of nitrogens with zero attached hydrogens (tertiary/aromatic N) is 2. The summed E-state index contributed by atoms with van der Waals surface area (Å²) in [7, 11) is 1.89. The maximum absolute atomic E-state index is 11.1. The predicted octanol–water partition coefficient (Wildman–Crippen LogP) is 0.0621. The van der Waals surface area contributed by atoms with E-state index in [-0.39, 0.29) is 17.9 Å². The van der Waals surface area contributed by atoms with Gasteiger partial charge in [0, 0.05) is 19.8 Å². The average Bonchev–Trinajstić information content (AvgIpc) is 2.57. The molecule has 0 aromatic carbocycles. The summed E-state index contributed by atoms with van der Waals surface area (Å²) in [5.74, 6) is -0.0763. The van der Waals surface area contributed by atoms with Crippen molar-refractivity contribution in [3.05, 3.63) is 18.0 Å². The molecule has 1 aromatic rings. The monoisotopic (exact) mass is 224 g/mol. The third-order valence-electron chi connectivity index (χ3n) is 2.51. The SMILES string of the molecule is CC(C)C(NCCc1cnn(C)c1)C(N)=O. The molecule has 1 unspecified atom stereocenters. The van der Waals surface area contributed by atoms with Crippen molar-refractivity contribution in [2.24, 2.45) is 18.7 Å². The molecule has 0 spiro atoms. The van der Waals surface area contributed by atoms with E-state index < -0.39 is 0 Å². The van der Waals surface area contributed by atoms with Crippen LogP contribution in [0.2, 0.25) is 0 Å². The van der Waals surface area contributed by atoms with Crippen LogP contribution in [0.1, 0.15) is 19.4 Å². The van der Waals surface area contributed by atoms with Gasteiger partial charge < -0.3 is 11.1 Å². The molecule has 5 nitrogen and oxygen atoms in total. The zero-order valence-corrected chi connectivity index (χ0v) is 10.1. The van der Waals surface area contributed by atoms with Crippen molar-refractivity contribution in [2.45, 2.75) is 26.3 Å². The summed E-state index contributed by atoms with van der Waals surface area (Å²) >= 11 is 0. The number of carbonyl (C=O) groups excluding carboxylic acids is 1. The molecular formula is C11H20N4O. The Kier molecular flexibility index (Phi) is 4.49. The van der Waals surface area contributed by atoms with Gasteiger partial charge in [-0.05, 0) is 17.9 Å². The minimum absolute atomic E-state index is 0.214. The van der Waals surface area contributed by atoms with Crippen molar-refractivity contribution in [2.75, 3.05) is 6.54 Å². The van der Waals surface area contributed by atoms with Gasteiger partial charge in [-0.3, -0.25) is 9.48 Å². The molecule has 0 saturated carbocycles. The molecule has 1 aromatic heterocycles. The van der Waals surface area contributed by atoms with Gasteiger partial charge in [-0.15, -0.1) is 0 Å². The molecule has 0 bridgehead atoms. The van der Waals surface area contributed by atoms with E-state index in [1.54, 1.807) is 4.68 Å². The van der Waals surface area contributed by atoms with Crippen LogP contribution in [-0.2, 0) is 18.3 Å². The molecule has 0 aliphatic heterocycles. The Hall–Kier alpha value is -1.36. The fourth-order valence-electron chi connectivity index (χ4n) is 1.64. The van der Waals surface area contributed by atoms with Crippen molar-refractivity contribution < 1.29 is 4.79 Å². The van der Waals surface area contributed by atoms with Crippen LogP contribution in [0.25, 0.3) is 0 Å². The smallest absolute Gasteiger partial charge is 0.234 e. The van der Waals surface area contributed by atoms with Gasteiger partial charge >= 0.3 is 0 Å². The van der Waals surface area contributed by atoms with Gasteiger partial charge in [-0.1, -0.05) is 13.8 Å². The highest BCUT2D eigenvalue weighted by Gasteiger charge is 2.17. The standard InChI is InChI=1S/C11H20N4O/c1-8(2)10(11(12)16)13-5-4-9-6-14-15(3)7-9/h6-8,10,13H,4-5H2,1-3H3,(H2,12,16). The van der Waals surface area contributed by atoms with Gasteiger partial charge in [0.15, 0.2) is 0 Å². The van der Waals surface area contributed by atoms with Crippen LogP contribution in [0.3, 0.4) is 0 Å². The summed E-state index contributed by atoms with van der Waals surface area (Å²) in [5, 5.41) is 7.25. The Bertz CT molecular complexity index is 346. The van der Waals surface area contributed by atoms with E-state index in [2.05, 4.69) is 10.4 Å². The van der Waals surface area contributed by atoms with Crippen LogP contribution in [0, 0.1) is 5.92 Å². The van der Waals surface area contributed by atoms with Crippen LogP contribution >= 0.6 is 0 Å². The van der Waals surface area contributed by atoms with Crippen LogP contribution in [0.5, 0.6) is 0 Å².